The normalized spacial score (nSPS) is 15.6. The first kappa shape index (κ1) is 21.1. The van der Waals surface area contributed by atoms with E-state index in [-0.39, 0.29) is 24.0 Å². The lowest BCUT2D eigenvalue weighted by Crippen LogP contribution is -2.49. The van der Waals surface area contributed by atoms with Gasteiger partial charge < -0.3 is 20.0 Å². The zero-order valence-electron chi connectivity index (χ0n) is 15.3. The third-order valence-corrected chi connectivity index (χ3v) is 5.32. The van der Waals surface area contributed by atoms with Crippen LogP contribution in [0.1, 0.15) is 31.9 Å². The van der Waals surface area contributed by atoms with Gasteiger partial charge >= 0.3 is 0 Å². The fourth-order valence-electron chi connectivity index (χ4n) is 3.02. The zero-order valence-corrected chi connectivity index (χ0v) is 18.5. The lowest BCUT2D eigenvalue weighted by Gasteiger charge is -2.33. The van der Waals surface area contributed by atoms with E-state index in [0.29, 0.717) is 6.04 Å². The Kier molecular flexibility index (Phi) is 9.31. The SMILES string of the molecule is CCCN=C(NCCc1ccco1)NC1CCN(c2cccs2)CC1.I. The van der Waals surface area contributed by atoms with Crippen molar-refractivity contribution in [3.8, 4) is 0 Å². The first-order chi connectivity index (χ1) is 12.3. The average Bonchev–Trinajstić information content (AvgIpc) is 3.34. The van der Waals surface area contributed by atoms with E-state index in [9.17, 15) is 0 Å². The fraction of sp³-hybridized carbons (Fsp3) is 0.526. The number of guanidine groups is 1. The van der Waals surface area contributed by atoms with Gasteiger partial charge in [0, 0.05) is 38.6 Å². The van der Waals surface area contributed by atoms with Crippen LogP contribution >= 0.6 is 35.3 Å². The number of nitrogens with zero attached hydrogens (tertiary/aromatic N) is 2. The van der Waals surface area contributed by atoms with Crippen LogP contribution in [0.25, 0.3) is 0 Å². The van der Waals surface area contributed by atoms with Gasteiger partial charge in [0.25, 0.3) is 0 Å². The van der Waals surface area contributed by atoms with Crippen LogP contribution in [0.2, 0.25) is 0 Å². The third kappa shape index (κ3) is 6.50. The van der Waals surface area contributed by atoms with Crippen LogP contribution in [-0.2, 0) is 6.42 Å². The second kappa shape index (κ2) is 11.5. The molecule has 144 valence electrons. The summed E-state index contributed by atoms with van der Waals surface area (Å²) in [5, 5.41) is 10.6. The van der Waals surface area contributed by atoms with Crippen molar-refractivity contribution in [1.82, 2.24) is 10.6 Å². The van der Waals surface area contributed by atoms with Gasteiger partial charge in [-0.1, -0.05) is 6.92 Å². The van der Waals surface area contributed by atoms with Gasteiger partial charge in [0.15, 0.2) is 5.96 Å². The summed E-state index contributed by atoms with van der Waals surface area (Å²) in [6.07, 6.45) is 5.94. The highest BCUT2D eigenvalue weighted by Gasteiger charge is 2.20. The van der Waals surface area contributed by atoms with E-state index in [4.69, 9.17) is 4.42 Å². The molecule has 1 saturated heterocycles. The van der Waals surface area contributed by atoms with Crippen molar-refractivity contribution in [3.05, 3.63) is 41.7 Å². The molecule has 1 aliphatic heterocycles. The van der Waals surface area contributed by atoms with E-state index in [1.807, 2.05) is 23.5 Å². The van der Waals surface area contributed by atoms with Crippen LogP contribution in [-0.4, -0.2) is 38.2 Å². The summed E-state index contributed by atoms with van der Waals surface area (Å²) in [6, 6.07) is 8.77. The van der Waals surface area contributed by atoms with E-state index in [1.54, 1.807) is 6.26 Å². The van der Waals surface area contributed by atoms with E-state index in [0.717, 1.165) is 63.6 Å². The molecule has 0 atom stereocenters. The van der Waals surface area contributed by atoms with Crippen molar-refractivity contribution in [2.45, 2.75) is 38.6 Å². The van der Waals surface area contributed by atoms with Gasteiger partial charge in [-0.3, -0.25) is 4.99 Å². The van der Waals surface area contributed by atoms with Crippen molar-refractivity contribution in [1.29, 1.82) is 0 Å². The summed E-state index contributed by atoms with van der Waals surface area (Å²) in [5.74, 6) is 1.94. The minimum atomic E-state index is 0. The first-order valence-electron chi connectivity index (χ1n) is 9.21. The summed E-state index contributed by atoms with van der Waals surface area (Å²) in [7, 11) is 0. The summed E-state index contributed by atoms with van der Waals surface area (Å²) in [4.78, 5) is 7.16. The number of hydrogen-bond donors (Lipinski definition) is 2. The van der Waals surface area contributed by atoms with Gasteiger partial charge in [0.05, 0.1) is 11.3 Å². The topological polar surface area (TPSA) is 52.8 Å². The molecule has 1 aliphatic rings. The molecule has 2 aromatic heterocycles. The standard InChI is InChI=1S/C19H28N4OS.HI/c1-2-10-20-19(21-11-7-17-5-3-14-24-17)22-16-8-12-23(13-9-16)18-6-4-15-25-18;/h3-6,14-16H,2,7-13H2,1H3,(H2,20,21,22);1H. The average molecular weight is 488 g/mol. The van der Waals surface area contributed by atoms with Gasteiger partial charge in [-0.25, -0.2) is 0 Å². The number of rotatable bonds is 7. The molecule has 2 N–H and O–H groups in total. The Balaban J connectivity index is 0.00000243. The predicted molar refractivity (Wildman–Crippen MR) is 121 cm³/mol. The smallest absolute Gasteiger partial charge is 0.191 e. The third-order valence-electron chi connectivity index (χ3n) is 4.39. The zero-order chi connectivity index (χ0) is 17.3. The number of halogens is 1. The molecule has 1 fully saturated rings. The number of hydrogen-bond acceptors (Lipinski definition) is 4. The number of thiophene rings is 1. The molecule has 7 heteroatoms. The van der Waals surface area contributed by atoms with Crippen LogP contribution in [0.15, 0.2) is 45.3 Å². The number of anilines is 1. The van der Waals surface area contributed by atoms with Gasteiger partial charge in [0.1, 0.15) is 5.76 Å². The molecule has 2 aromatic rings. The summed E-state index contributed by atoms with van der Waals surface area (Å²) in [5.41, 5.74) is 0. The Labute approximate surface area is 177 Å². The second-order valence-corrected chi connectivity index (χ2v) is 7.27. The van der Waals surface area contributed by atoms with Gasteiger partial charge in [-0.15, -0.1) is 35.3 Å². The van der Waals surface area contributed by atoms with Crippen LogP contribution in [0.4, 0.5) is 5.00 Å². The maximum absolute atomic E-state index is 5.39. The molecule has 3 heterocycles. The Morgan fingerprint density at radius 1 is 1.31 bits per heavy atom. The van der Waals surface area contributed by atoms with Crippen LogP contribution in [0.5, 0.6) is 0 Å². The number of furan rings is 1. The second-order valence-electron chi connectivity index (χ2n) is 6.34. The molecule has 0 amide bonds. The molecule has 5 nitrogen and oxygen atoms in total. The van der Waals surface area contributed by atoms with E-state index in [2.05, 4.69) is 45.0 Å². The fourth-order valence-corrected chi connectivity index (χ4v) is 3.81. The molecule has 0 spiro atoms. The lowest BCUT2D eigenvalue weighted by molar-refractivity contribution is 0.461. The largest absolute Gasteiger partial charge is 0.469 e. The molecule has 0 radical (unpaired) electrons. The first-order valence-corrected chi connectivity index (χ1v) is 10.1. The quantitative estimate of drug-likeness (QED) is 0.350. The molecular formula is C19H29IN4OS. The van der Waals surface area contributed by atoms with E-state index in [1.165, 1.54) is 5.00 Å². The van der Waals surface area contributed by atoms with E-state index < -0.39 is 0 Å². The van der Waals surface area contributed by atoms with E-state index >= 15 is 0 Å². The Hall–Kier alpha value is -1.22. The molecule has 0 unspecified atom stereocenters. The van der Waals surface area contributed by atoms with Gasteiger partial charge in [-0.2, -0.15) is 0 Å². The number of piperidine rings is 1. The van der Waals surface area contributed by atoms with Crippen molar-refractivity contribution < 1.29 is 4.42 Å². The summed E-state index contributed by atoms with van der Waals surface area (Å²) >= 11 is 1.83. The molecular weight excluding hydrogens is 459 g/mol. The van der Waals surface area contributed by atoms with Crippen molar-refractivity contribution in [2.24, 2.45) is 4.99 Å². The van der Waals surface area contributed by atoms with Crippen LogP contribution < -0.4 is 15.5 Å². The summed E-state index contributed by atoms with van der Waals surface area (Å²) < 4.78 is 5.39. The maximum atomic E-state index is 5.39. The highest BCUT2D eigenvalue weighted by atomic mass is 127. The highest BCUT2D eigenvalue weighted by molar-refractivity contribution is 14.0. The lowest BCUT2D eigenvalue weighted by atomic mass is 10.1. The maximum Gasteiger partial charge on any atom is 0.191 e. The molecule has 0 bridgehead atoms. The van der Waals surface area contributed by atoms with Crippen LogP contribution in [0.3, 0.4) is 0 Å². The monoisotopic (exact) mass is 488 g/mol. The minimum Gasteiger partial charge on any atom is -0.469 e. The molecule has 0 aromatic carbocycles. The molecule has 0 aliphatic carbocycles. The Bertz CT molecular complexity index is 622. The minimum absolute atomic E-state index is 0. The summed E-state index contributed by atoms with van der Waals surface area (Å²) in [6.45, 7) is 6.04. The molecule has 3 rings (SSSR count). The predicted octanol–water partition coefficient (Wildman–Crippen LogP) is 4.12. The Morgan fingerprint density at radius 2 is 2.15 bits per heavy atom. The van der Waals surface area contributed by atoms with Crippen molar-refractivity contribution >= 4 is 46.3 Å². The number of nitrogens with one attached hydrogen (secondary N) is 2. The van der Waals surface area contributed by atoms with Crippen molar-refractivity contribution in [3.63, 3.8) is 0 Å². The molecule has 0 saturated carbocycles. The number of aliphatic imine (C=N–C) groups is 1. The van der Waals surface area contributed by atoms with Gasteiger partial charge in [0.2, 0.25) is 0 Å². The highest BCUT2D eigenvalue weighted by Crippen LogP contribution is 2.24. The van der Waals surface area contributed by atoms with Crippen LogP contribution in [0, 0.1) is 0 Å². The Morgan fingerprint density at radius 3 is 2.81 bits per heavy atom. The van der Waals surface area contributed by atoms with Gasteiger partial charge in [-0.05, 0) is 48.9 Å². The molecule has 26 heavy (non-hydrogen) atoms. The van der Waals surface area contributed by atoms with Crippen molar-refractivity contribution in [2.75, 3.05) is 31.1 Å².